The van der Waals surface area contributed by atoms with E-state index < -0.39 is 0 Å². The molecule has 0 bridgehead atoms. The van der Waals surface area contributed by atoms with Gasteiger partial charge < -0.3 is 0 Å². The van der Waals surface area contributed by atoms with Gasteiger partial charge in [-0.3, -0.25) is 0 Å². The summed E-state index contributed by atoms with van der Waals surface area (Å²) < 4.78 is 0. The molecule has 0 aliphatic carbocycles. The zero-order valence-electron chi connectivity index (χ0n) is 5.76. The zero-order valence-corrected chi connectivity index (χ0v) is 7.41. The third kappa shape index (κ3) is 5.82. The second-order valence-electron chi connectivity index (χ2n) is 1.69. The molecule has 0 aromatic carbocycles. The molecular formula is C7H11ClP+. The minimum atomic E-state index is -0.0617. The Balaban J connectivity index is 3.86. The molecule has 0 aromatic heterocycles. The fraction of sp³-hybridized carbons (Fsp3) is 0.286. The summed E-state index contributed by atoms with van der Waals surface area (Å²) in [6.45, 7) is 7.74. The largest absolute Gasteiger partial charge is 0.116 e. The van der Waals surface area contributed by atoms with Gasteiger partial charge in [0.15, 0.2) is 0 Å². The van der Waals surface area contributed by atoms with Crippen LogP contribution in [-0.4, -0.2) is 12.5 Å². The summed E-state index contributed by atoms with van der Waals surface area (Å²) in [5, 5.41) is 0.603. The molecule has 0 saturated heterocycles. The number of hydrogen-bond acceptors (Lipinski definition) is 0. The van der Waals surface area contributed by atoms with Gasteiger partial charge in [0, 0.05) is 5.03 Å². The average Bonchev–Trinajstić information content (AvgIpc) is 1.83. The number of rotatable bonds is 2. The summed E-state index contributed by atoms with van der Waals surface area (Å²) in [4.78, 5) is 0. The molecule has 0 aliphatic heterocycles. The Morgan fingerprint density at radius 2 is 2.22 bits per heavy atom. The summed E-state index contributed by atoms with van der Waals surface area (Å²) in [7, 11) is -0.0617. The van der Waals surface area contributed by atoms with Crippen LogP contribution >= 0.6 is 19.1 Å². The van der Waals surface area contributed by atoms with Crippen LogP contribution in [0.2, 0.25) is 0 Å². The summed E-state index contributed by atoms with van der Waals surface area (Å²) in [6, 6.07) is 0. The maximum atomic E-state index is 5.49. The van der Waals surface area contributed by atoms with E-state index in [1.54, 1.807) is 0 Å². The van der Waals surface area contributed by atoms with Crippen LogP contribution in [0.3, 0.4) is 0 Å². The second kappa shape index (κ2) is 4.78. The third-order valence-corrected chi connectivity index (χ3v) is 2.46. The lowest BCUT2D eigenvalue weighted by Crippen LogP contribution is -1.57. The van der Waals surface area contributed by atoms with Crippen LogP contribution in [-0.2, 0) is 0 Å². The van der Waals surface area contributed by atoms with Crippen LogP contribution in [0.15, 0.2) is 23.5 Å². The standard InChI is InChI=1S/C7H11ClP/c1-4-9(3)6-5-7(2)8/h4-6H,2H2,1,3H3/q+1/b6-5-. The first kappa shape index (κ1) is 8.94. The van der Waals surface area contributed by atoms with Gasteiger partial charge in [0.1, 0.15) is 20.0 Å². The van der Waals surface area contributed by atoms with E-state index in [-0.39, 0.29) is 7.55 Å². The Labute approximate surface area is 62.6 Å². The molecule has 0 spiro atoms. The maximum Gasteiger partial charge on any atom is 0.116 e. The van der Waals surface area contributed by atoms with Gasteiger partial charge in [0.2, 0.25) is 0 Å². The molecule has 2 heteroatoms. The van der Waals surface area contributed by atoms with Crippen molar-refractivity contribution in [2.24, 2.45) is 0 Å². The Morgan fingerprint density at radius 1 is 1.67 bits per heavy atom. The van der Waals surface area contributed by atoms with E-state index in [2.05, 4.69) is 24.9 Å². The lowest BCUT2D eigenvalue weighted by Gasteiger charge is -1.75. The lowest BCUT2D eigenvalue weighted by molar-refractivity contribution is 2.00. The first-order valence-corrected chi connectivity index (χ1v) is 5.01. The molecular weight excluding hydrogens is 151 g/mol. The molecule has 0 heterocycles. The van der Waals surface area contributed by atoms with Crippen LogP contribution in [0, 0.1) is 0 Å². The topological polar surface area (TPSA) is 0 Å². The van der Waals surface area contributed by atoms with Crippen LogP contribution in [0.1, 0.15) is 6.92 Å². The highest BCUT2D eigenvalue weighted by Crippen LogP contribution is 2.18. The maximum absolute atomic E-state index is 5.49. The normalized spacial score (nSPS) is 12.6. The van der Waals surface area contributed by atoms with Crippen molar-refractivity contribution in [2.75, 3.05) is 6.66 Å². The van der Waals surface area contributed by atoms with E-state index in [1.165, 1.54) is 0 Å². The zero-order chi connectivity index (χ0) is 7.28. The molecule has 1 atom stereocenters. The molecule has 0 amide bonds. The Bertz CT molecular complexity index is 156. The Hall–Kier alpha value is -0.0600. The molecule has 0 fully saturated rings. The number of allylic oxidation sites excluding steroid dienone is 2. The molecule has 50 valence electrons. The van der Waals surface area contributed by atoms with Gasteiger partial charge >= 0.3 is 0 Å². The van der Waals surface area contributed by atoms with Crippen LogP contribution in [0.4, 0.5) is 0 Å². The fourth-order valence-corrected chi connectivity index (χ4v) is 1.02. The van der Waals surface area contributed by atoms with Crippen molar-refractivity contribution >= 4 is 24.9 Å². The first-order valence-electron chi connectivity index (χ1n) is 2.71. The number of halogens is 1. The third-order valence-electron chi connectivity index (χ3n) is 0.898. The molecule has 1 unspecified atom stereocenters. The lowest BCUT2D eigenvalue weighted by atomic mass is 10.6. The molecule has 0 rings (SSSR count). The molecule has 0 N–H and O–H groups in total. The molecule has 0 nitrogen and oxygen atoms in total. The van der Waals surface area contributed by atoms with Gasteiger partial charge in [-0.05, 0) is 13.0 Å². The van der Waals surface area contributed by atoms with E-state index in [9.17, 15) is 0 Å². The summed E-state index contributed by atoms with van der Waals surface area (Å²) in [5.74, 6) is 4.23. The van der Waals surface area contributed by atoms with Gasteiger partial charge in [-0.2, -0.15) is 0 Å². The van der Waals surface area contributed by atoms with Crippen molar-refractivity contribution in [3.63, 3.8) is 0 Å². The van der Waals surface area contributed by atoms with Gasteiger partial charge in [-0.25, -0.2) is 0 Å². The average molecular weight is 162 g/mol. The Morgan fingerprint density at radius 3 is 2.56 bits per heavy atom. The first-order chi connectivity index (χ1) is 4.16. The molecule has 0 aliphatic rings. The molecule has 0 radical (unpaired) electrons. The number of hydrogen-bond donors (Lipinski definition) is 0. The van der Waals surface area contributed by atoms with Crippen LogP contribution < -0.4 is 0 Å². The molecule has 0 aromatic rings. The predicted octanol–water partition coefficient (Wildman–Crippen LogP) is 3.19. The summed E-state index contributed by atoms with van der Waals surface area (Å²) in [6.07, 6.45) is 1.84. The van der Waals surface area contributed by atoms with Crippen molar-refractivity contribution in [1.29, 1.82) is 0 Å². The van der Waals surface area contributed by atoms with E-state index in [1.807, 2.05) is 13.0 Å². The van der Waals surface area contributed by atoms with E-state index in [4.69, 9.17) is 11.6 Å². The van der Waals surface area contributed by atoms with E-state index >= 15 is 0 Å². The minimum absolute atomic E-state index is 0.0617. The second-order valence-corrected chi connectivity index (χ2v) is 4.32. The van der Waals surface area contributed by atoms with Crippen LogP contribution in [0.25, 0.3) is 0 Å². The van der Waals surface area contributed by atoms with Crippen molar-refractivity contribution in [3.8, 4) is 0 Å². The van der Waals surface area contributed by atoms with Crippen molar-refractivity contribution in [1.82, 2.24) is 0 Å². The monoisotopic (exact) mass is 161 g/mol. The SMILES string of the molecule is C=C(Cl)/C=C\[P+](C)=CC. The fourth-order valence-electron chi connectivity index (χ4n) is 0.285. The molecule has 9 heavy (non-hydrogen) atoms. The van der Waals surface area contributed by atoms with E-state index in [0.29, 0.717) is 5.03 Å². The smallest absolute Gasteiger partial charge is 0.0848 e. The van der Waals surface area contributed by atoms with Gasteiger partial charge in [-0.1, -0.05) is 18.2 Å². The summed E-state index contributed by atoms with van der Waals surface area (Å²) >= 11 is 5.49. The van der Waals surface area contributed by atoms with Crippen molar-refractivity contribution < 1.29 is 0 Å². The van der Waals surface area contributed by atoms with Crippen LogP contribution in [0.5, 0.6) is 0 Å². The predicted molar refractivity (Wildman–Crippen MR) is 48.7 cm³/mol. The van der Waals surface area contributed by atoms with Gasteiger partial charge in [0.25, 0.3) is 0 Å². The minimum Gasteiger partial charge on any atom is -0.0848 e. The Kier molecular flexibility index (Phi) is 4.75. The van der Waals surface area contributed by atoms with E-state index in [0.717, 1.165) is 0 Å². The van der Waals surface area contributed by atoms with Gasteiger partial charge in [0.05, 0.1) is 5.80 Å². The quantitative estimate of drug-likeness (QED) is 0.431. The highest BCUT2D eigenvalue weighted by atomic mass is 35.5. The highest BCUT2D eigenvalue weighted by Gasteiger charge is 1.88. The van der Waals surface area contributed by atoms with Crippen molar-refractivity contribution in [3.05, 3.63) is 23.5 Å². The van der Waals surface area contributed by atoms with Gasteiger partial charge in [-0.15, -0.1) is 0 Å². The van der Waals surface area contributed by atoms with Crippen molar-refractivity contribution in [2.45, 2.75) is 6.92 Å². The molecule has 0 saturated carbocycles. The highest BCUT2D eigenvalue weighted by molar-refractivity contribution is 7.59. The summed E-state index contributed by atoms with van der Waals surface area (Å²) in [5.41, 5.74) is 0.